The molecule has 1 atom stereocenters. The van der Waals surface area contributed by atoms with E-state index in [2.05, 4.69) is 12.2 Å². The average Bonchev–Trinajstić information content (AvgIpc) is 2.50. The molecule has 0 aromatic heterocycles. The van der Waals surface area contributed by atoms with E-state index in [9.17, 15) is 0 Å². The normalized spacial score (nSPS) is 12.5. The Kier molecular flexibility index (Phi) is 7.36. The number of ether oxygens (including phenoxy) is 4. The second-order valence-corrected chi connectivity index (χ2v) is 4.42. The predicted octanol–water partition coefficient (Wildman–Crippen LogP) is 2.36. The lowest BCUT2D eigenvalue weighted by molar-refractivity contribution is -0.124. The molecule has 0 amide bonds. The van der Waals surface area contributed by atoms with E-state index in [4.69, 9.17) is 18.9 Å². The molecule has 0 radical (unpaired) electrons. The summed E-state index contributed by atoms with van der Waals surface area (Å²) in [6.45, 7) is 2.98. The SMILES string of the molecule is CCCNC(c1cc(OC)cc(OC)c1)C(OC)OC. The van der Waals surface area contributed by atoms with Crippen LogP contribution in [-0.4, -0.2) is 41.3 Å². The summed E-state index contributed by atoms with van der Waals surface area (Å²) in [6.07, 6.45) is 0.649. The van der Waals surface area contributed by atoms with Crippen LogP contribution in [0.4, 0.5) is 0 Å². The highest BCUT2D eigenvalue weighted by Crippen LogP contribution is 2.29. The van der Waals surface area contributed by atoms with Crippen LogP contribution in [0.1, 0.15) is 24.9 Å². The smallest absolute Gasteiger partial charge is 0.176 e. The Labute approximate surface area is 121 Å². The van der Waals surface area contributed by atoms with Crippen molar-refractivity contribution in [1.29, 1.82) is 0 Å². The van der Waals surface area contributed by atoms with Gasteiger partial charge in [-0.3, -0.25) is 0 Å². The van der Waals surface area contributed by atoms with Gasteiger partial charge in [-0.15, -0.1) is 0 Å². The van der Waals surface area contributed by atoms with Gasteiger partial charge in [0.25, 0.3) is 0 Å². The van der Waals surface area contributed by atoms with Gasteiger partial charge in [0.1, 0.15) is 11.5 Å². The molecule has 1 aromatic carbocycles. The highest BCUT2D eigenvalue weighted by atomic mass is 16.7. The topological polar surface area (TPSA) is 49.0 Å². The first-order valence-corrected chi connectivity index (χ1v) is 6.72. The van der Waals surface area contributed by atoms with E-state index in [-0.39, 0.29) is 12.3 Å². The van der Waals surface area contributed by atoms with Crippen molar-refractivity contribution in [2.24, 2.45) is 0 Å². The van der Waals surface area contributed by atoms with Crippen molar-refractivity contribution in [2.45, 2.75) is 25.7 Å². The lowest BCUT2D eigenvalue weighted by Crippen LogP contribution is -2.35. The Morgan fingerprint density at radius 1 is 0.950 bits per heavy atom. The van der Waals surface area contributed by atoms with Gasteiger partial charge in [0, 0.05) is 20.3 Å². The van der Waals surface area contributed by atoms with Crippen LogP contribution in [0.3, 0.4) is 0 Å². The molecule has 1 N–H and O–H groups in total. The molecule has 0 saturated heterocycles. The maximum absolute atomic E-state index is 5.39. The first-order valence-electron chi connectivity index (χ1n) is 6.72. The van der Waals surface area contributed by atoms with Crippen molar-refractivity contribution in [3.05, 3.63) is 23.8 Å². The third-order valence-corrected chi connectivity index (χ3v) is 3.08. The molecular weight excluding hydrogens is 258 g/mol. The van der Waals surface area contributed by atoms with Gasteiger partial charge in [0.05, 0.1) is 20.3 Å². The van der Waals surface area contributed by atoms with Gasteiger partial charge in [0.15, 0.2) is 6.29 Å². The van der Waals surface area contributed by atoms with Crippen LogP contribution in [0.5, 0.6) is 11.5 Å². The van der Waals surface area contributed by atoms with E-state index in [1.165, 1.54) is 0 Å². The van der Waals surface area contributed by atoms with E-state index >= 15 is 0 Å². The molecule has 0 aliphatic heterocycles. The molecule has 0 saturated carbocycles. The molecule has 5 heteroatoms. The minimum absolute atomic E-state index is 0.0889. The van der Waals surface area contributed by atoms with Crippen molar-refractivity contribution in [2.75, 3.05) is 35.0 Å². The Hall–Kier alpha value is -1.30. The van der Waals surface area contributed by atoms with Crippen LogP contribution in [-0.2, 0) is 9.47 Å². The summed E-state index contributed by atoms with van der Waals surface area (Å²) in [6, 6.07) is 5.67. The molecule has 0 aliphatic rings. The van der Waals surface area contributed by atoms with Gasteiger partial charge >= 0.3 is 0 Å². The first-order chi connectivity index (χ1) is 9.69. The Bertz CT molecular complexity index is 371. The van der Waals surface area contributed by atoms with Crippen LogP contribution in [0.2, 0.25) is 0 Å². The molecule has 0 fully saturated rings. The van der Waals surface area contributed by atoms with Crippen molar-refractivity contribution in [3.63, 3.8) is 0 Å². The third kappa shape index (κ3) is 4.37. The zero-order chi connectivity index (χ0) is 15.0. The minimum Gasteiger partial charge on any atom is -0.497 e. The summed E-state index contributed by atoms with van der Waals surface area (Å²) >= 11 is 0. The highest BCUT2D eigenvalue weighted by molar-refractivity contribution is 5.40. The van der Waals surface area contributed by atoms with Gasteiger partial charge in [-0.25, -0.2) is 0 Å². The Balaban J connectivity index is 3.10. The van der Waals surface area contributed by atoms with Crippen LogP contribution in [0, 0.1) is 0 Å². The zero-order valence-electron chi connectivity index (χ0n) is 12.9. The Morgan fingerprint density at radius 3 is 1.90 bits per heavy atom. The van der Waals surface area contributed by atoms with Crippen LogP contribution in [0.25, 0.3) is 0 Å². The number of hydrogen-bond donors (Lipinski definition) is 1. The zero-order valence-corrected chi connectivity index (χ0v) is 12.9. The summed E-state index contributed by atoms with van der Waals surface area (Å²) in [5.41, 5.74) is 1.00. The summed E-state index contributed by atoms with van der Waals surface area (Å²) in [5, 5.41) is 3.43. The van der Waals surface area contributed by atoms with E-state index < -0.39 is 0 Å². The van der Waals surface area contributed by atoms with E-state index in [0.29, 0.717) is 0 Å². The molecule has 20 heavy (non-hydrogen) atoms. The molecule has 1 rings (SSSR count). The summed E-state index contributed by atoms with van der Waals surface area (Å²) < 4.78 is 21.4. The minimum atomic E-state index is -0.377. The molecular formula is C15H25NO4. The summed E-state index contributed by atoms with van der Waals surface area (Å²) in [5.74, 6) is 1.49. The number of rotatable bonds is 9. The number of methoxy groups -OCH3 is 4. The molecule has 0 heterocycles. The van der Waals surface area contributed by atoms with Crippen molar-refractivity contribution in [1.82, 2.24) is 5.32 Å². The van der Waals surface area contributed by atoms with Crippen molar-refractivity contribution >= 4 is 0 Å². The molecule has 5 nitrogen and oxygen atoms in total. The van der Waals surface area contributed by atoms with Crippen molar-refractivity contribution in [3.8, 4) is 11.5 Å². The lowest BCUT2D eigenvalue weighted by atomic mass is 10.0. The second kappa shape index (κ2) is 8.79. The van der Waals surface area contributed by atoms with E-state index in [1.54, 1.807) is 28.4 Å². The fourth-order valence-electron chi connectivity index (χ4n) is 2.05. The van der Waals surface area contributed by atoms with Crippen molar-refractivity contribution < 1.29 is 18.9 Å². The second-order valence-electron chi connectivity index (χ2n) is 4.42. The Morgan fingerprint density at radius 2 is 1.50 bits per heavy atom. The van der Waals surface area contributed by atoms with E-state index in [1.807, 2.05) is 18.2 Å². The first kappa shape index (κ1) is 16.8. The quantitative estimate of drug-likeness (QED) is 0.705. The van der Waals surface area contributed by atoms with Gasteiger partial charge in [-0.1, -0.05) is 6.92 Å². The van der Waals surface area contributed by atoms with E-state index in [0.717, 1.165) is 30.0 Å². The van der Waals surface area contributed by atoms with Crippen LogP contribution >= 0.6 is 0 Å². The monoisotopic (exact) mass is 283 g/mol. The molecule has 0 spiro atoms. The number of hydrogen-bond acceptors (Lipinski definition) is 5. The van der Waals surface area contributed by atoms with Gasteiger partial charge < -0.3 is 24.3 Å². The van der Waals surface area contributed by atoms with Crippen LogP contribution in [0.15, 0.2) is 18.2 Å². The largest absolute Gasteiger partial charge is 0.497 e. The molecule has 1 aromatic rings. The standard InChI is InChI=1S/C15H25NO4/c1-6-7-16-14(15(19-4)20-5)11-8-12(17-2)10-13(9-11)18-3/h8-10,14-16H,6-7H2,1-5H3. The fourth-order valence-corrected chi connectivity index (χ4v) is 2.05. The van der Waals surface area contributed by atoms with Gasteiger partial charge in [-0.05, 0) is 30.7 Å². The number of nitrogens with one attached hydrogen (secondary N) is 1. The highest BCUT2D eigenvalue weighted by Gasteiger charge is 2.23. The van der Waals surface area contributed by atoms with Crippen LogP contribution < -0.4 is 14.8 Å². The third-order valence-electron chi connectivity index (χ3n) is 3.08. The predicted molar refractivity (Wildman–Crippen MR) is 78.4 cm³/mol. The van der Waals surface area contributed by atoms with Gasteiger partial charge in [0.2, 0.25) is 0 Å². The number of benzene rings is 1. The fraction of sp³-hybridized carbons (Fsp3) is 0.600. The van der Waals surface area contributed by atoms with Gasteiger partial charge in [-0.2, -0.15) is 0 Å². The molecule has 0 bridgehead atoms. The maximum Gasteiger partial charge on any atom is 0.176 e. The average molecular weight is 283 g/mol. The molecule has 0 aliphatic carbocycles. The molecule has 1 unspecified atom stereocenters. The molecule has 114 valence electrons. The maximum atomic E-state index is 5.39. The lowest BCUT2D eigenvalue weighted by Gasteiger charge is -2.26. The summed E-state index contributed by atoms with van der Waals surface area (Å²) in [7, 11) is 6.53. The summed E-state index contributed by atoms with van der Waals surface area (Å²) in [4.78, 5) is 0.